The molecule has 0 aliphatic carbocycles. The number of nitrogens with zero attached hydrogens (tertiary/aromatic N) is 2. The second-order valence-corrected chi connectivity index (χ2v) is 6.57. The maximum Gasteiger partial charge on any atom is 0.243 e. The first-order valence-corrected chi connectivity index (χ1v) is 9.62. The van der Waals surface area contributed by atoms with Gasteiger partial charge in [0.05, 0.1) is 24.6 Å². The molecule has 1 heterocycles. The fourth-order valence-electron chi connectivity index (χ4n) is 2.94. The number of amides is 2. The van der Waals surface area contributed by atoms with Crippen LogP contribution in [0.25, 0.3) is 0 Å². The van der Waals surface area contributed by atoms with Gasteiger partial charge in [-0.2, -0.15) is 5.10 Å². The molecule has 0 unspecified atom stereocenters. The van der Waals surface area contributed by atoms with Crippen molar-refractivity contribution in [2.75, 3.05) is 18.5 Å². The van der Waals surface area contributed by atoms with Crippen LogP contribution in [0.3, 0.4) is 0 Å². The van der Waals surface area contributed by atoms with E-state index in [9.17, 15) is 9.59 Å². The van der Waals surface area contributed by atoms with Gasteiger partial charge in [0.25, 0.3) is 0 Å². The van der Waals surface area contributed by atoms with Gasteiger partial charge in [-0.1, -0.05) is 49.4 Å². The highest BCUT2D eigenvalue weighted by atomic mass is 16.5. The molecule has 0 bridgehead atoms. The van der Waals surface area contributed by atoms with Crippen molar-refractivity contribution >= 4 is 23.2 Å². The van der Waals surface area contributed by atoms with Gasteiger partial charge in [-0.25, -0.2) is 5.01 Å². The van der Waals surface area contributed by atoms with E-state index in [0.717, 1.165) is 24.1 Å². The van der Waals surface area contributed by atoms with Crippen molar-refractivity contribution in [1.29, 1.82) is 0 Å². The number of ether oxygens (including phenoxy) is 1. The van der Waals surface area contributed by atoms with E-state index >= 15 is 0 Å². The molecule has 0 saturated carbocycles. The number of rotatable bonds is 8. The highest BCUT2D eigenvalue weighted by molar-refractivity contribution is 6.02. The molecule has 3 rings (SSSR count). The molecule has 6 nitrogen and oxygen atoms in total. The van der Waals surface area contributed by atoms with Crippen LogP contribution in [0.15, 0.2) is 59.7 Å². The SMILES string of the molecule is CCCOc1ccccc1NC(=O)CCC(=O)N1CCC(c2ccccc2)=N1. The van der Waals surface area contributed by atoms with Crippen molar-refractivity contribution < 1.29 is 14.3 Å². The van der Waals surface area contributed by atoms with Crippen LogP contribution >= 0.6 is 0 Å². The summed E-state index contributed by atoms with van der Waals surface area (Å²) < 4.78 is 5.64. The van der Waals surface area contributed by atoms with Crippen molar-refractivity contribution in [2.45, 2.75) is 32.6 Å². The third-order valence-corrected chi connectivity index (χ3v) is 4.39. The quantitative estimate of drug-likeness (QED) is 0.758. The first kappa shape index (κ1) is 19.6. The lowest BCUT2D eigenvalue weighted by molar-refractivity contribution is -0.132. The number of carbonyl (C=O) groups is 2. The van der Waals surface area contributed by atoms with Gasteiger partial charge in [0.1, 0.15) is 5.75 Å². The number of benzene rings is 2. The number of hydrogen-bond acceptors (Lipinski definition) is 4. The van der Waals surface area contributed by atoms with Gasteiger partial charge in [0, 0.05) is 19.3 Å². The lowest BCUT2D eigenvalue weighted by Crippen LogP contribution is -2.25. The smallest absolute Gasteiger partial charge is 0.243 e. The summed E-state index contributed by atoms with van der Waals surface area (Å²) >= 11 is 0. The minimum Gasteiger partial charge on any atom is -0.491 e. The zero-order chi connectivity index (χ0) is 19.8. The summed E-state index contributed by atoms with van der Waals surface area (Å²) in [4.78, 5) is 24.7. The number of hydrazone groups is 1. The molecule has 6 heteroatoms. The van der Waals surface area contributed by atoms with Gasteiger partial charge < -0.3 is 10.1 Å². The summed E-state index contributed by atoms with van der Waals surface area (Å²) in [6.07, 6.45) is 1.84. The zero-order valence-electron chi connectivity index (χ0n) is 16.1. The average Bonchev–Trinajstić information content (AvgIpc) is 3.22. The topological polar surface area (TPSA) is 71.0 Å². The number of nitrogens with one attached hydrogen (secondary N) is 1. The average molecular weight is 379 g/mol. The van der Waals surface area contributed by atoms with Crippen molar-refractivity contribution in [3.8, 4) is 5.75 Å². The fourth-order valence-corrected chi connectivity index (χ4v) is 2.94. The summed E-state index contributed by atoms with van der Waals surface area (Å²) in [5, 5.41) is 8.71. The number of para-hydroxylation sites is 2. The summed E-state index contributed by atoms with van der Waals surface area (Å²) in [7, 11) is 0. The second-order valence-electron chi connectivity index (χ2n) is 6.57. The molecule has 1 aliphatic rings. The highest BCUT2D eigenvalue weighted by Gasteiger charge is 2.22. The van der Waals surface area contributed by atoms with Crippen LogP contribution in [0.1, 0.15) is 38.2 Å². The van der Waals surface area contributed by atoms with Gasteiger partial charge >= 0.3 is 0 Å². The fraction of sp³-hybridized carbons (Fsp3) is 0.318. The van der Waals surface area contributed by atoms with Crippen LogP contribution in [-0.2, 0) is 9.59 Å². The Morgan fingerprint density at radius 2 is 1.82 bits per heavy atom. The van der Waals surface area contributed by atoms with E-state index in [1.165, 1.54) is 5.01 Å². The molecule has 0 radical (unpaired) electrons. The van der Waals surface area contributed by atoms with Crippen LogP contribution in [-0.4, -0.2) is 35.7 Å². The Bertz CT molecular complexity index is 849. The summed E-state index contributed by atoms with van der Waals surface area (Å²) in [6.45, 7) is 3.16. The van der Waals surface area contributed by atoms with E-state index in [0.29, 0.717) is 24.6 Å². The molecule has 2 amide bonds. The maximum absolute atomic E-state index is 12.4. The van der Waals surface area contributed by atoms with Crippen LogP contribution in [0, 0.1) is 0 Å². The van der Waals surface area contributed by atoms with Crippen LogP contribution < -0.4 is 10.1 Å². The first-order valence-electron chi connectivity index (χ1n) is 9.62. The Balaban J connectivity index is 1.51. The first-order chi connectivity index (χ1) is 13.7. The van der Waals surface area contributed by atoms with E-state index in [1.807, 2.05) is 55.5 Å². The number of hydrogen-bond donors (Lipinski definition) is 1. The van der Waals surface area contributed by atoms with E-state index in [1.54, 1.807) is 6.07 Å². The Kier molecular flexibility index (Phi) is 6.78. The third kappa shape index (κ3) is 5.19. The minimum absolute atomic E-state index is 0.105. The monoisotopic (exact) mass is 379 g/mol. The Hall–Kier alpha value is -3.15. The van der Waals surface area contributed by atoms with Crippen molar-refractivity contribution in [1.82, 2.24) is 5.01 Å². The van der Waals surface area contributed by atoms with Crippen LogP contribution in [0.2, 0.25) is 0 Å². The number of carbonyl (C=O) groups excluding carboxylic acids is 2. The Labute approximate surface area is 165 Å². The molecule has 146 valence electrons. The predicted octanol–water partition coefficient (Wildman–Crippen LogP) is 3.83. The second kappa shape index (κ2) is 9.69. The largest absolute Gasteiger partial charge is 0.491 e. The molecule has 1 N–H and O–H groups in total. The molecule has 2 aromatic rings. The van der Waals surface area contributed by atoms with E-state index in [4.69, 9.17) is 4.74 Å². The molecule has 0 atom stereocenters. The van der Waals surface area contributed by atoms with Gasteiger partial charge in [-0.3, -0.25) is 9.59 Å². The van der Waals surface area contributed by atoms with Crippen molar-refractivity contribution in [3.05, 3.63) is 60.2 Å². The van der Waals surface area contributed by atoms with Crippen molar-refractivity contribution in [3.63, 3.8) is 0 Å². The van der Waals surface area contributed by atoms with E-state index in [2.05, 4.69) is 10.4 Å². The Morgan fingerprint density at radius 3 is 2.61 bits per heavy atom. The maximum atomic E-state index is 12.4. The van der Waals surface area contributed by atoms with E-state index < -0.39 is 0 Å². The van der Waals surface area contributed by atoms with Crippen LogP contribution in [0.5, 0.6) is 5.75 Å². The molecule has 1 aliphatic heterocycles. The molecular formula is C22H25N3O3. The highest BCUT2D eigenvalue weighted by Crippen LogP contribution is 2.24. The van der Waals surface area contributed by atoms with Crippen molar-refractivity contribution in [2.24, 2.45) is 5.10 Å². The molecule has 28 heavy (non-hydrogen) atoms. The number of anilines is 1. The van der Waals surface area contributed by atoms with Crippen LogP contribution in [0.4, 0.5) is 5.69 Å². The van der Waals surface area contributed by atoms with Gasteiger partial charge in [-0.05, 0) is 24.1 Å². The summed E-state index contributed by atoms with van der Waals surface area (Å²) in [6, 6.07) is 17.1. The predicted molar refractivity (Wildman–Crippen MR) is 109 cm³/mol. The lowest BCUT2D eigenvalue weighted by atomic mass is 10.1. The molecule has 0 fully saturated rings. The van der Waals surface area contributed by atoms with Gasteiger partial charge in [0.2, 0.25) is 11.8 Å². The minimum atomic E-state index is -0.215. The van der Waals surface area contributed by atoms with E-state index in [-0.39, 0.29) is 24.7 Å². The molecular weight excluding hydrogens is 354 g/mol. The molecule has 0 spiro atoms. The third-order valence-electron chi connectivity index (χ3n) is 4.39. The normalized spacial score (nSPS) is 13.2. The standard InChI is InChI=1S/C22H25N3O3/c1-2-16-28-20-11-7-6-10-19(20)23-21(26)12-13-22(27)25-15-14-18(24-25)17-8-4-3-5-9-17/h3-11H,2,12-16H2,1H3,(H,23,26). The summed E-state index contributed by atoms with van der Waals surface area (Å²) in [5.41, 5.74) is 2.55. The molecule has 0 aromatic heterocycles. The zero-order valence-corrected chi connectivity index (χ0v) is 16.1. The molecule has 2 aromatic carbocycles. The van der Waals surface area contributed by atoms with Gasteiger partial charge in [0.15, 0.2) is 0 Å². The molecule has 0 saturated heterocycles. The van der Waals surface area contributed by atoms with Gasteiger partial charge in [-0.15, -0.1) is 0 Å². The Morgan fingerprint density at radius 1 is 1.07 bits per heavy atom. The lowest BCUT2D eigenvalue weighted by Gasteiger charge is -2.13. The summed E-state index contributed by atoms with van der Waals surface area (Å²) in [5.74, 6) is 0.282.